The van der Waals surface area contributed by atoms with Crippen molar-refractivity contribution in [1.29, 1.82) is 0 Å². The van der Waals surface area contributed by atoms with Gasteiger partial charge in [-0.3, -0.25) is 4.79 Å². The normalized spacial score (nSPS) is 18.9. The molecule has 0 bridgehead atoms. The zero-order chi connectivity index (χ0) is 12.3. The Hall–Kier alpha value is -1.13. The minimum Gasteiger partial charge on any atom is -0.316 e. The van der Waals surface area contributed by atoms with Crippen LogP contribution in [-0.2, 0) is 4.79 Å². The number of amides is 1. The van der Waals surface area contributed by atoms with Gasteiger partial charge in [-0.15, -0.1) is 12.4 Å². The Bertz CT molecular complexity index is 390. The molecule has 0 unspecified atom stereocenters. The molecule has 1 fully saturated rings. The lowest BCUT2D eigenvalue weighted by Gasteiger charge is -2.27. The highest BCUT2D eigenvalue weighted by Crippen LogP contribution is 2.19. The fraction of sp³-hybridized carbons (Fsp3) is 0.462. The molecule has 0 saturated carbocycles. The van der Waals surface area contributed by atoms with Gasteiger partial charge in [-0.2, -0.15) is 0 Å². The van der Waals surface area contributed by atoms with E-state index in [1.165, 1.54) is 12.1 Å². The Morgan fingerprint density at radius 2 is 2.06 bits per heavy atom. The first-order valence-electron chi connectivity index (χ1n) is 5.92. The van der Waals surface area contributed by atoms with Crippen molar-refractivity contribution < 1.29 is 9.18 Å². The summed E-state index contributed by atoms with van der Waals surface area (Å²) >= 11 is 0. The summed E-state index contributed by atoms with van der Waals surface area (Å²) in [6.07, 6.45) is 1.96. The van der Waals surface area contributed by atoms with Crippen molar-refractivity contribution in [2.75, 3.05) is 25.0 Å². The third-order valence-corrected chi connectivity index (χ3v) is 3.19. The molecule has 3 nitrogen and oxygen atoms in total. The Morgan fingerprint density at radius 3 is 2.61 bits per heavy atom. The molecule has 1 aliphatic rings. The average molecular weight is 273 g/mol. The predicted octanol–water partition coefficient (Wildman–Crippen LogP) is 2.21. The number of carbonyl (C=O) groups is 1. The summed E-state index contributed by atoms with van der Waals surface area (Å²) in [5, 5.41) is 3.22. The molecular formula is C13H18ClFN2O. The molecule has 1 saturated heterocycles. The summed E-state index contributed by atoms with van der Waals surface area (Å²) in [7, 11) is 1.74. The fourth-order valence-corrected chi connectivity index (χ4v) is 2.13. The van der Waals surface area contributed by atoms with Crippen LogP contribution < -0.4 is 10.2 Å². The van der Waals surface area contributed by atoms with Crippen molar-refractivity contribution in [2.24, 2.45) is 5.92 Å². The van der Waals surface area contributed by atoms with Gasteiger partial charge in [0, 0.05) is 19.3 Å². The Morgan fingerprint density at radius 1 is 1.39 bits per heavy atom. The van der Waals surface area contributed by atoms with Crippen molar-refractivity contribution >= 4 is 24.0 Å². The Balaban J connectivity index is 0.00000162. The van der Waals surface area contributed by atoms with Crippen LogP contribution in [0.25, 0.3) is 0 Å². The number of benzene rings is 1. The van der Waals surface area contributed by atoms with E-state index < -0.39 is 0 Å². The van der Waals surface area contributed by atoms with Crippen LogP contribution in [-0.4, -0.2) is 26.0 Å². The smallest absolute Gasteiger partial charge is 0.231 e. The van der Waals surface area contributed by atoms with Crippen LogP contribution in [0.2, 0.25) is 0 Å². The number of halogens is 2. The van der Waals surface area contributed by atoms with Crippen LogP contribution in [0.1, 0.15) is 12.8 Å². The molecule has 0 aromatic heterocycles. The van der Waals surface area contributed by atoms with E-state index in [4.69, 9.17) is 0 Å². The molecule has 18 heavy (non-hydrogen) atoms. The lowest BCUT2D eigenvalue weighted by atomic mass is 9.98. The van der Waals surface area contributed by atoms with E-state index in [9.17, 15) is 9.18 Å². The van der Waals surface area contributed by atoms with E-state index in [1.54, 1.807) is 24.1 Å². The van der Waals surface area contributed by atoms with Crippen LogP contribution in [0.4, 0.5) is 10.1 Å². The molecule has 1 N–H and O–H groups in total. The number of carbonyl (C=O) groups excluding carboxylic acids is 1. The zero-order valence-corrected chi connectivity index (χ0v) is 11.2. The van der Waals surface area contributed by atoms with Crippen molar-refractivity contribution in [1.82, 2.24) is 5.32 Å². The molecule has 100 valence electrons. The molecule has 2 rings (SSSR count). The van der Waals surface area contributed by atoms with Gasteiger partial charge in [-0.1, -0.05) is 0 Å². The second-order valence-electron chi connectivity index (χ2n) is 4.42. The molecule has 1 aromatic carbocycles. The van der Waals surface area contributed by atoms with E-state index in [1.807, 2.05) is 0 Å². The highest BCUT2D eigenvalue weighted by Gasteiger charge is 2.24. The minimum absolute atomic E-state index is 0. The average Bonchev–Trinajstić information content (AvgIpc) is 2.39. The van der Waals surface area contributed by atoms with Crippen LogP contribution in [0.5, 0.6) is 0 Å². The Kier molecular flexibility index (Phi) is 5.56. The third-order valence-electron chi connectivity index (χ3n) is 3.19. The number of hydrogen-bond acceptors (Lipinski definition) is 2. The number of anilines is 1. The second kappa shape index (κ2) is 6.71. The molecule has 1 aromatic rings. The monoisotopic (exact) mass is 272 g/mol. The van der Waals surface area contributed by atoms with Crippen LogP contribution in [0.3, 0.4) is 0 Å². The number of nitrogens with one attached hydrogen (secondary N) is 1. The number of nitrogens with zero attached hydrogens (tertiary/aromatic N) is 1. The molecule has 1 atom stereocenters. The summed E-state index contributed by atoms with van der Waals surface area (Å²) in [5.41, 5.74) is 0.738. The van der Waals surface area contributed by atoms with E-state index in [0.717, 1.165) is 31.6 Å². The molecule has 0 radical (unpaired) electrons. The van der Waals surface area contributed by atoms with Gasteiger partial charge in [-0.05, 0) is 43.7 Å². The van der Waals surface area contributed by atoms with E-state index >= 15 is 0 Å². The molecule has 1 aliphatic heterocycles. The molecule has 5 heteroatoms. The zero-order valence-electron chi connectivity index (χ0n) is 10.4. The molecular weight excluding hydrogens is 255 g/mol. The van der Waals surface area contributed by atoms with Gasteiger partial charge < -0.3 is 10.2 Å². The van der Waals surface area contributed by atoms with Crippen molar-refractivity contribution in [3.8, 4) is 0 Å². The third kappa shape index (κ3) is 3.43. The molecule has 1 heterocycles. The summed E-state index contributed by atoms with van der Waals surface area (Å²) in [6.45, 7) is 1.73. The van der Waals surface area contributed by atoms with E-state index in [-0.39, 0.29) is 30.0 Å². The number of piperidine rings is 1. The van der Waals surface area contributed by atoms with Gasteiger partial charge in [-0.25, -0.2) is 4.39 Å². The SMILES string of the molecule is CN(C(=O)[C@H]1CCCNC1)c1ccc(F)cc1.Cl. The largest absolute Gasteiger partial charge is 0.316 e. The fourth-order valence-electron chi connectivity index (χ4n) is 2.13. The van der Waals surface area contributed by atoms with E-state index in [0.29, 0.717) is 0 Å². The maximum Gasteiger partial charge on any atom is 0.231 e. The van der Waals surface area contributed by atoms with Gasteiger partial charge in [0.2, 0.25) is 5.91 Å². The van der Waals surface area contributed by atoms with Crippen LogP contribution >= 0.6 is 12.4 Å². The maximum absolute atomic E-state index is 12.8. The van der Waals surface area contributed by atoms with Gasteiger partial charge in [0.15, 0.2) is 0 Å². The molecule has 1 amide bonds. The first-order valence-corrected chi connectivity index (χ1v) is 5.92. The first-order chi connectivity index (χ1) is 8.18. The van der Waals surface area contributed by atoms with Crippen LogP contribution in [0, 0.1) is 11.7 Å². The standard InChI is InChI=1S/C13H17FN2O.ClH/c1-16(12-6-4-11(14)5-7-12)13(17)10-3-2-8-15-9-10;/h4-7,10,15H,2-3,8-9H2,1H3;1H/t10-;/m0./s1. The minimum atomic E-state index is -0.283. The van der Waals surface area contributed by atoms with Crippen molar-refractivity contribution in [3.05, 3.63) is 30.1 Å². The van der Waals surface area contributed by atoms with Crippen molar-refractivity contribution in [2.45, 2.75) is 12.8 Å². The Labute approximate surface area is 113 Å². The highest BCUT2D eigenvalue weighted by atomic mass is 35.5. The summed E-state index contributed by atoms with van der Waals surface area (Å²) in [5.74, 6) is -0.142. The van der Waals surface area contributed by atoms with Crippen molar-refractivity contribution in [3.63, 3.8) is 0 Å². The maximum atomic E-state index is 12.8. The lowest BCUT2D eigenvalue weighted by Crippen LogP contribution is -2.41. The van der Waals surface area contributed by atoms with Gasteiger partial charge in [0.05, 0.1) is 5.92 Å². The lowest BCUT2D eigenvalue weighted by molar-refractivity contribution is -0.122. The highest BCUT2D eigenvalue weighted by molar-refractivity contribution is 5.94. The van der Waals surface area contributed by atoms with Gasteiger partial charge in [0.25, 0.3) is 0 Å². The molecule has 0 spiro atoms. The quantitative estimate of drug-likeness (QED) is 0.895. The topological polar surface area (TPSA) is 32.3 Å². The van der Waals surface area contributed by atoms with Gasteiger partial charge in [0.1, 0.15) is 5.82 Å². The van der Waals surface area contributed by atoms with Crippen LogP contribution in [0.15, 0.2) is 24.3 Å². The predicted molar refractivity (Wildman–Crippen MR) is 72.7 cm³/mol. The number of rotatable bonds is 2. The second-order valence-corrected chi connectivity index (χ2v) is 4.42. The first kappa shape index (κ1) is 14.9. The van der Waals surface area contributed by atoms with E-state index in [2.05, 4.69) is 5.32 Å². The van der Waals surface area contributed by atoms with Gasteiger partial charge >= 0.3 is 0 Å². The summed E-state index contributed by atoms with van der Waals surface area (Å²) in [4.78, 5) is 13.8. The summed E-state index contributed by atoms with van der Waals surface area (Å²) < 4.78 is 12.8. The summed E-state index contributed by atoms with van der Waals surface area (Å²) in [6, 6.07) is 6.00. The molecule has 0 aliphatic carbocycles. The number of hydrogen-bond donors (Lipinski definition) is 1.